The van der Waals surface area contributed by atoms with E-state index in [2.05, 4.69) is 10.4 Å². The van der Waals surface area contributed by atoms with Crippen molar-refractivity contribution >= 4 is 84.3 Å². The summed E-state index contributed by atoms with van der Waals surface area (Å²) in [5, 5.41) is 12.9. The number of carbonyl (C=O) groups excluding carboxylic acids is 1. The summed E-state index contributed by atoms with van der Waals surface area (Å²) in [4.78, 5) is 28.1. The molecular formula is C21H11ClN4O4S3. The average molecular weight is 515 g/mol. The number of rotatable bonds is 5. The van der Waals surface area contributed by atoms with Gasteiger partial charge in [0.1, 0.15) is 11.5 Å². The van der Waals surface area contributed by atoms with Gasteiger partial charge in [0, 0.05) is 23.8 Å². The molecule has 0 saturated carbocycles. The van der Waals surface area contributed by atoms with Gasteiger partial charge in [0.25, 0.3) is 11.6 Å². The van der Waals surface area contributed by atoms with E-state index in [-0.39, 0.29) is 16.6 Å². The number of nitrogens with one attached hydrogen (secondary N) is 1. The van der Waals surface area contributed by atoms with Crippen molar-refractivity contribution in [3.05, 3.63) is 80.4 Å². The Hall–Kier alpha value is -3.25. The van der Waals surface area contributed by atoms with Crippen LogP contribution >= 0.6 is 46.9 Å². The highest BCUT2D eigenvalue weighted by Crippen LogP contribution is 2.36. The van der Waals surface area contributed by atoms with Crippen LogP contribution in [0.25, 0.3) is 27.6 Å². The zero-order chi connectivity index (χ0) is 23.1. The first kappa shape index (κ1) is 21.6. The SMILES string of the molecule is O=C1/C(=C/c2ccc(-c3ccc([N+](=O)[O-])cc3Cl)o2)SC(=S)N1Nc1nc2ccccc2s1. The number of aromatic nitrogens is 1. The number of para-hydroxylation sites is 1. The van der Waals surface area contributed by atoms with Gasteiger partial charge < -0.3 is 4.42 Å². The molecule has 8 nitrogen and oxygen atoms in total. The van der Waals surface area contributed by atoms with Crippen molar-refractivity contribution in [3.63, 3.8) is 0 Å². The van der Waals surface area contributed by atoms with Crippen LogP contribution in [-0.4, -0.2) is 25.1 Å². The lowest BCUT2D eigenvalue weighted by Crippen LogP contribution is -2.33. The molecule has 2 aromatic heterocycles. The zero-order valence-electron chi connectivity index (χ0n) is 16.4. The van der Waals surface area contributed by atoms with Crippen LogP contribution in [0, 0.1) is 10.1 Å². The number of amides is 1. The van der Waals surface area contributed by atoms with Crippen molar-refractivity contribution in [3.8, 4) is 11.3 Å². The fourth-order valence-electron chi connectivity index (χ4n) is 3.10. The lowest BCUT2D eigenvalue weighted by molar-refractivity contribution is -0.384. The van der Waals surface area contributed by atoms with Crippen LogP contribution in [0.1, 0.15) is 5.76 Å². The summed E-state index contributed by atoms with van der Waals surface area (Å²) in [5.41, 5.74) is 4.21. The first-order valence-corrected chi connectivity index (χ1v) is 11.8. The summed E-state index contributed by atoms with van der Waals surface area (Å²) in [6.07, 6.45) is 1.59. The van der Waals surface area contributed by atoms with E-state index in [1.54, 1.807) is 18.2 Å². The highest BCUT2D eigenvalue weighted by molar-refractivity contribution is 8.26. The number of carbonyl (C=O) groups is 1. The van der Waals surface area contributed by atoms with Crippen molar-refractivity contribution in [2.24, 2.45) is 0 Å². The highest BCUT2D eigenvalue weighted by Gasteiger charge is 2.33. The Kier molecular flexibility index (Phi) is 5.62. The third kappa shape index (κ3) is 4.23. The quantitative estimate of drug-likeness (QED) is 0.142. The predicted molar refractivity (Wildman–Crippen MR) is 134 cm³/mol. The van der Waals surface area contributed by atoms with Gasteiger partial charge in [-0.25, -0.2) is 4.98 Å². The molecule has 1 fully saturated rings. The summed E-state index contributed by atoms with van der Waals surface area (Å²) < 4.78 is 7.14. The number of thioether (sulfide) groups is 1. The predicted octanol–water partition coefficient (Wildman–Crippen LogP) is 6.35. The Bertz CT molecular complexity index is 1450. The zero-order valence-corrected chi connectivity index (χ0v) is 19.6. The van der Waals surface area contributed by atoms with Crippen LogP contribution in [-0.2, 0) is 4.79 Å². The number of thiazole rings is 1. The first-order valence-electron chi connectivity index (χ1n) is 9.33. The molecule has 1 aliphatic heterocycles. The number of hydrogen-bond acceptors (Lipinski definition) is 9. The van der Waals surface area contributed by atoms with E-state index in [4.69, 9.17) is 28.2 Å². The maximum atomic E-state index is 12.9. The Morgan fingerprint density at radius 2 is 2.03 bits per heavy atom. The molecule has 33 heavy (non-hydrogen) atoms. The third-order valence-corrected chi connectivity index (χ3v) is 7.18. The number of nitro groups is 1. The van der Waals surface area contributed by atoms with Crippen LogP contribution in [0.4, 0.5) is 10.8 Å². The number of nitrogens with zero attached hydrogens (tertiary/aromatic N) is 3. The molecule has 0 radical (unpaired) electrons. The summed E-state index contributed by atoms with van der Waals surface area (Å²) >= 11 is 14.1. The van der Waals surface area contributed by atoms with Gasteiger partial charge in [-0.15, -0.1) is 0 Å². The normalized spacial score (nSPS) is 15.1. The number of non-ortho nitro benzene ring substituents is 1. The van der Waals surface area contributed by atoms with E-state index in [9.17, 15) is 14.9 Å². The number of benzene rings is 2. The van der Waals surface area contributed by atoms with Gasteiger partial charge >= 0.3 is 0 Å². The first-order chi connectivity index (χ1) is 15.9. The second-order valence-corrected chi connectivity index (χ2v) is 9.85. The summed E-state index contributed by atoms with van der Waals surface area (Å²) in [7, 11) is 0. The molecule has 1 aliphatic rings. The summed E-state index contributed by atoms with van der Waals surface area (Å²) in [6, 6.07) is 15.2. The molecule has 0 aliphatic carbocycles. The second kappa shape index (κ2) is 8.60. The molecule has 0 spiro atoms. The number of anilines is 1. The number of furan rings is 1. The van der Waals surface area contributed by atoms with Crippen LogP contribution in [0.5, 0.6) is 0 Å². The lowest BCUT2D eigenvalue weighted by Gasteiger charge is -2.14. The lowest BCUT2D eigenvalue weighted by atomic mass is 10.1. The fourth-order valence-corrected chi connectivity index (χ4v) is 5.38. The second-order valence-electron chi connectivity index (χ2n) is 6.74. The van der Waals surface area contributed by atoms with E-state index in [1.807, 2.05) is 24.3 Å². The van der Waals surface area contributed by atoms with E-state index in [0.717, 1.165) is 22.0 Å². The minimum absolute atomic E-state index is 0.111. The monoisotopic (exact) mass is 514 g/mol. The number of thiocarbonyl (C=S) groups is 1. The van der Waals surface area contributed by atoms with Gasteiger partial charge in [-0.05, 0) is 42.5 Å². The number of hydrazine groups is 1. The van der Waals surface area contributed by atoms with Gasteiger partial charge in [0.05, 0.1) is 25.1 Å². The Labute approximate surface area is 205 Å². The Balaban J connectivity index is 1.36. The number of nitro benzene ring substituents is 1. The van der Waals surface area contributed by atoms with Gasteiger partial charge in [-0.3, -0.25) is 20.3 Å². The van der Waals surface area contributed by atoms with Crippen molar-refractivity contribution in [1.82, 2.24) is 9.99 Å². The van der Waals surface area contributed by atoms with E-state index >= 15 is 0 Å². The highest BCUT2D eigenvalue weighted by atomic mass is 35.5. The molecule has 4 aromatic rings. The molecule has 3 heterocycles. The Morgan fingerprint density at radius 3 is 2.79 bits per heavy atom. The van der Waals surface area contributed by atoms with Gasteiger partial charge in [0.15, 0.2) is 4.32 Å². The van der Waals surface area contributed by atoms with Crippen LogP contribution in [0.15, 0.2) is 63.9 Å². The molecule has 5 rings (SSSR count). The number of halogens is 1. The molecule has 0 bridgehead atoms. The van der Waals surface area contributed by atoms with Crippen molar-refractivity contribution in [1.29, 1.82) is 0 Å². The molecule has 1 N–H and O–H groups in total. The molecule has 164 valence electrons. The molecular weight excluding hydrogens is 504 g/mol. The van der Waals surface area contributed by atoms with Gasteiger partial charge in [-0.2, -0.15) is 5.01 Å². The van der Waals surface area contributed by atoms with Crippen LogP contribution in [0.3, 0.4) is 0 Å². The van der Waals surface area contributed by atoms with Crippen molar-refractivity contribution in [2.45, 2.75) is 0 Å². The summed E-state index contributed by atoms with van der Waals surface area (Å²) in [6.45, 7) is 0. The minimum atomic E-state index is -0.520. The van der Waals surface area contributed by atoms with Gasteiger partial charge in [0.2, 0.25) is 5.13 Å². The van der Waals surface area contributed by atoms with Gasteiger partial charge in [-0.1, -0.05) is 46.8 Å². The number of hydrogen-bond donors (Lipinski definition) is 1. The summed E-state index contributed by atoms with van der Waals surface area (Å²) in [5.74, 6) is 0.514. The molecule has 1 amide bonds. The average Bonchev–Trinajstić information content (AvgIpc) is 3.48. The smallest absolute Gasteiger partial charge is 0.285 e. The van der Waals surface area contributed by atoms with Crippen molar-refractivity contribution < 1.29 is 14.1 Å². The van der Waals surface area contributed by atoms with E-state index < -0.39 is 4.92 Å². The van der Waals surface area contributed by atoms with Crippen LogP contribution in [0.2, 0.25) is 5.02 Å². The molecule has 12 heteroatoms. The third-order valence-electron chi connectivity index (χ3n) is 4.62. The van der Waals surface area contributed by atoms with Crippen molar-refractivity contribution in [2.75, 3.05) is 5.43 Å². The number of fused-ring (bicyclic) bond motifs is 1. The maximum absolute atomic E-state index is 12.9. The Morgan fingerprint density at radius 1 is 1.21 bits per heavy atom. The molecule has 2 aromatic carbocycles. The minimum Gasteiger partial charge on any atom is -0.457 e. The fraction of sp³-hybridized carbons (Fsp3) is 0. The standard InChI is InChI=1S/C21H11ClN4O4S3/c22-14-9-11(26(28)29)5-7-13(14)16-8-6-12(30-16)10-18-19(27)25(21(31)33-18)24-20-23-15-3-1-2-4-17(15)32-20/h1-10H,(H,23,24)/b18-10-. The van der Waals surface area contributed by atoms with E-state index in [1.165, 1.54) is 34.5 Å². The largest absolute Gasteiger partial charge is 0.457 e. The van der Waals surface area contributed by atoms with Crippen LogP contribution < -0.4 is 5.43 Å². The maximum Gasteiger partial charge on any atom is 0.285 e. The molecule has 0 atom stereocenters. The molecule has 0 unspecified atom stereocenters. The van der Waals surface area contributed by atoms with E-state index in [0.29, 0.717) is 31.4 Å². The topological polar surface area (TPSA) is 102 Å². The molecule has 1 saturated heterocycles.